The van der Waals surface area contributed by atoms with Crippen molar-refractivity contribution in [3.63, 3.8) is 0 Å². The summed E-state index contributed by atoms with van der Waals surface area (Å²) in [5.74, 6) is 1.55. The third-order valence-electron chi connectivity index (χ3n) is 4.70. The van der Waals surface area contributed by atoms with Crippen LogP contribution in [-0.4, -0.2) is 60.2 Å². The molecular formula is C21H30N6O2. The lowest BCUT2D eigenvalue weighted by atomic mass is 10.2. The van der Waals surface area contributed by atoms with Gasteiger partial charge in [-0.25, -0.2) is 14.8 Å². The number of hydrogen-bond acceptors (Lipinski definition) is 6. The molecule has 8 heteroatoms. The van der Waals surface area contributed by atoms with E-state index in [1.54, 1.807) is 12.4 Å². The average Bonchev–Trinajstić information content (AvgIpc) is 2.72. The van der Waals surface area contributed by atoms with Gasteiger partial charge in [0.25, 0.3) is 0 Å². The van der Waals surface area contributed by atoms with Crippen LogP contribution in [0, 0.1) is 0 Å². The second kappa shape index (κ2) is 10.1. The Morgan fingerprint density at radius 1 is 1.07 bits per heavy atom. The van der Waals surface area contributed by atoms with E-state index in [4.69, 9.17) is 4.74 Å². The van der Waals surface area contributed by atoms with Crippen LogP contribution < -0.4 is 20.3 Å². The quantitative estimate of drug-likeness (QED) is 0.743. The van der Waals surface area contributed by atoms with Gasteiger partial charge in [0.15, 0.2) is 0 Å². The number of likely N-dealkylation sites (N-methyl/N-ethyl adjacent to an activating group) is 1. The zero-order chi connectivity index (χ0) is 20.6. The minimum Gasteiger partial charge on any atom is -0.475 e. The van der Waals surface area contributed by atoms with Gasteiger partial charge in [-0.05, 0) is 44.2 Å². The van der Waals surface area contributed by atoms with Gasteiger partial charge in [-0.2, -0.15) is 0 Å². The van der Waals surface area contributed by atoms with Crippen LogP contribution >= 0.6 is 0 Å². The van der Waals surface area contributed by atoms with Crippen LogP contribution in [0.4, 0.5) is 10.6 Å². The summed E-state index contributed by atoms with van der Waals surface area (Å²) >= 11 is 0. The van der Waals surface area contributed by atoms with Gasteiger partial charge in [-0.1, -0.05) is 6.07 Å². The first-order valence-corrected chi connectivity index (χ1v) is 10.0. The van der Waals surface area contributed by atoms with Crippen molar-refractivity contribution in [1.82, 2.24) is 25.5 Å². The minimum atomic E-state index is -0.217. The number of aromatic nitrogens is 2. The van der Waals surface area contributed by atoms with E-state index in [0.29, 0.717) is 19.0 Å². The summed E-state index contributed by atoms with van der Waals surface area (Å²) in [7, 11) is 2.13. The predicted molar refractivity (Wildman–Crippen MR) is 113 cm³/mol. The number of anilines is 1. The number of ether oxygens (including phenoxy) is 1. The molecule has 0 radical (unpaired) electrons. The number of rotatable bonds is 7. The van der Waals surface area contributed by atoms with E-state index in [9.17, 15) is 4.79 Å². The molecule has 156 valence electrons. The number of nitrogens with zero attached hydrogens (tertiary/aromatic N) is 4. The molecule has 0 unspecified atom stereocenters. The molecule has 0 aromatic carbocycles. The molecule has 8 nitrogen and oxygen atoms in total. The van der Waals surface area contributed by atoms with Gasteiger partial charge in [-0.15, -0.1) is 0 Å². The van der Waals surface area contributed by atoms with Gasteiger partial charge >= 0.3 is 6.03 Å². The predicted octanol–water partition coefficient (Wildman–Crippen LogP) is 2.01. The van der Waals surface area contributed by atoms with Crippen LogP contribution in [0.1, 0.15) is 25.0 Å². The third kappa shape index (κ3) is 6.60. The van der Waals surface area contributed by atoms with Crippen molar-refractivity contribution in [3.8, 4) is 5.88 Å². The van der Waals surface area contributed by atoms with Gasteiger partial charge in [0.05, 0.1) is 6.10 Å². The molecule has 2 amide bonds. The van der Waals surface area contributed by atoms with E-state index in [1.807, 2.05) is 38.1 Å². The molecular weight excluding hydrogens is 368 g/mol. The van der Waals surface area contributed by atoms with Crippen LogP contribution in [0.3, 0.4) is 0 Å². The smallest absolute Gasteiger partial charge is 0.315 e. The van der Waals surface area contributed by atoms with Crippen LogP contribution in [0.25, 0.3) is 0 Å². The summed E-state index contributed by atoms with van der Waals surface area (Å²) < 4.78 is 5.52. The molecule has 1 saturated heterocycles. The molecule has 0 atom stereocenters. The Bertz CT molecular complexity index is 788. The Morgan fingerprint density at radius 2 is 1.79 bits per heavy atom. The van der Waals surface area contributed by atoms with Gasteiger partial charge in [0, 0.05) is 57.7 Å². The number of nitrogens with one attached hydrogen (secondary N) is 2. The molecule has 0 aliphatic carbocycles. The zero-order valence-electron chi connectivity index (χ0n) is 17.4. The van der Waals surface area contributed by atoms with Crippen molar-refractivity contribution in [2.75, 3.05) is 38.1 Å². The number of piperazine rings is 1. The van der Waals surface area contributed by atoms with Crippen molar-refractivity contribution >= 4 is 11.8 Å². The number of pyridine rings is 2. The fourth-order valence-corrected chi connectivity index (χ4v) is 3.03. The van der Waals surface area contributed by atoms with Gasteiger partial charge in [0.2, 0.25) is 5.88 Å². The summed E-state index contributed by atoms with van der Waals surface area (Å²) in [5, 5.41) is 5.74. The number of amides is 2. The average molecular weight is 399 g/mol. The standard InChI is InChI=1S/C21H30N6O2/c1-16(2)29-20-5-4-18(14-23-20)15-25-21(28)24-13-17-6-7-22-19(12-17)27-10-8-26(3)9-11-27/h4-7,12,14,16H,8-11,13,15H2,1-3H3,(H2,24,25,28). The van der Waals surface area contributed by atoms with Crippen LogP contribution in [0.2, 0.25) is 0 Å². The van der Waals surface area contributed by atoms with E-state index in [-0.39, 0.29) is 12.1 Å². The van der Waals surface area contributed by atoms with Gasteiger partial charge in [-0.3, -0.25) is 0 Å². The summed E-state index contributed by atoms with van der Waals surface area (Å²) in [4.78, 5) is 25.4. The van der Waals surface area contributed by atoms with Crippen molar-refractivity contribution in [2.24, 2.45) is 0 Å². The van der Waals surface area contributed by atoms with Crippen molar-refractivity contribution in [2.45, 2.75) is 33.0 Å². The van der Waals surface area contributed by atoms with E-state index in [0.717, 1.165) is 43.1 Å². The molecule has 1 fully saturated rings. The fraction of sp³-hybridized carbons (Fsp3) is 0.476. The normalized spacial score (nSPS) is 14.7. The van der Waals surface area contributed by atoms with Crippen LogP contribution in [0.5, 0.6) is 5.88 Å². The Balaban J connectivity index is 1.44. The molecule has 29 heavy (non-hydrogen) atoms. The lowest BCUT2D eigenvalue weighted by molar-refractivity contribution is 0.232. The summed E-state index contributed by atoms with van der Waals surface area (Å²) in [6.07, 6.45) is 3.60. The topological polar surface area (TPSA) is 82.6 Å². The third-order valence-corrected chi connectivity index (χ3v) is 4.70. The number of hydrogen-bond donors (Lipinski definition) is 2. The first kappa shape index (κ1) is 20.9. The van der Waals surface area contributed by atoms with Crippen molar-refractivity contribution in [3.05, 3.63) is 47.8 Å². The number of carbonyl (C=O) groups is 1. The van der Waals surface area contributed by atoms with Crippen LogP contribution in [0.15, 0.2) is 36.7 Å². The molecule has 0 saturated carbocycles. The maximum atomic E-state index is 12.1. The Morgan fingerprint density at radius 3 is 2.45 bits per heavy atom. The van der Waals surface area contributed by atoms with Crippen molar-refractivity contribution < 1.29 is 9.53 Å². The Hall–Kier alpha value is -2.87. The van der Waals surface area contributed by atoms with E-state index < -0.39 is 0 Å². The van der Waals surface area contributed by atoms with E-state index in [2.05, 4.69) is 37.4 Å². The molecule has 1 aliphatic heterocycles. The maximum Gasteiger partial charge on any atom is 0.315 e. The molecule has 2 N–H and O–H groups in total. The second-order valence-corrected chi connectivity index (χ2v) is 7.52. The van der Waals surface area contributed by atoms with Crippen molar-refractivity contribution in [1.29, 1.82) is 0 Å². The highest BCUT2D eigenvalue weighted by Gasteiger charge is 2.15. The lowest BCUT2D eigenvalue weighted by Crippen LogP contribution is -2.44. The largest absolute Gasteiger partial charge is 0.475 e. The van der Waals surface area contributed by atoms with E-state index >= 15 is 0 Å². The molecule has 0 spiro atoms. The molecule has 2 aromatic heterocycles. The van der Waals surface area contributed by atoms with Crippen LogP contribution in [-0.2, 0) is 13.1 Å². The molecule has 1 aliphatic rings. The second-order valence-electron chi connectivity index (χ2n) is 7.52. The highest BCUT2D eigenvalue weighted by Crippen LogP contribution is 2.14. The highest BCUT2D eigenvalue weighted by atomic mass is 16.5. The monoisotopic (exact) mass is 398 g/mol. The number of carbonyl (C=O) groups excluding carboxylic acids is 1. The molecule has 3 heterocycles. The molecule has 2 aromatic rings. The highest BCUT2D eigenvalue weighted by molar-refractivity contribution is 5.73. The molecule has 3 rings (SSSR count). The summed E-state index contributed by atoms with van der Waals surface area (Å²) in [5.41, 5.74) is 1.94. The fourth-order valence-electron chi connectivity index (χ4n) is 3.03. The Labute approximate surface area is 172 Å². The lowest BCUT2D eigenvalue weighted by Gasteiger charge is -2.33. The SMILES string of the molecule is CC(C)Oc1ccc(CNC(=O)NCc2ccnc(N3CCN(C)CC3)c2)cn1. The minimum absolute atomic E-state index is 0.0854. The zero-order valence-corrected chi connectivity index (χ0v) is 17.4. The number of urea groups is 1. The van der Waals surface area contributed by atoms with Gasteiger partial charge < -0.3 is 25.2 Å². The first-order chi connectivity index (χ1) is 14.0. The van der Waals surface area contributed by atoms with Gasteiger partial charge in [0.1, 0.15) is 5.82 Å². The summed E-state index contributed by atoms with van der Waals surface area (Å²) in [6, 6.07) is 7.47. The molecule has 0 bridgehead atoms. The Kier molecular flexibility index (Phi) is 7.24. The first-order valence-electron chi connectivity index (χ1n) is 10.0. The summed E-state index contributed by atoms with van der Waals surface area (Å²) in [6.45, 7) is 8.78. The maximum absolute atomic E-state index is 12.1. The van der Waals surface area contributed by atoms with E-state index in [1.165, 1.54) is 0 Å².